The summed E-state index contributed by atoms with van der Waals surface area (Å²) in [7, 11) is 0. The van der Waals surface area contributed by atoms with Crippen molar-refractivity contribution in [1.29, 1.82) is 0 Å². The number of benzene rings is 1. The average molecular weight is 320 g/mol. The van der Waals surface area contributed by atoms with Crippen molar-refractivity contribution in [2.45, 2.75) is 40.2 Å². The number of nitrogens with one attached hydrogen (secondary N) is 1. The fourth-order valence-corrected chi connectivity index (χ4v) is 1.85. The lowest BCUT2D eigenvalue weighted by atomic mass is 10.1. The Bertz CT molecular complexity index is 584. The van der Waals surface area contributed by atoms with E-state index in [1.165, 1.54) is 0 Å². The molecule has 1 aliphatic rings. The molecule has 6 nitrogen and oxygen atoms in total. The van der Waals surface area contributed by atoms with Crippen LogP contribution in [0.1, 0.15) is 44.5 Å². The number of nitrogens with zero attached hydrogens (tertiary/aromatic N) is 1. The van der Waals surface area contributed by atoms with Crippen LogP contribution in [-0.4, -0.2) is 31.4 Å². The van der Waals surface area contributed by atoms with Gasteiger partial charge in [0.25, 0.3) is 11.9 Å². The van der Waals surface area contributed by atoms with Crippen LogP contribution in [0.4, 0.5) is 0 Å². The van der Waals surface area contributed by atoms with Crippen molar-refractivity contribution in [3.63, 3.8) is 0 Å². The summed E-state index contributed by atoms with van der Waals surface area (Å²) in [6, 6.07) is 5.37. The van der Waals surface area contributed by atoms with Crippen molar-refractivity contribution in [1.82, 2.24) is 5.32 Å². The first kappa shape index (κ1) is 17.1. The van der Waals surface area contributed by atoms with Crippen LogP contribution in [0.25, 0.3) is 0 Å². The van der Waals surface area contributed by atoms with Gasteiger partial charge in [-0.1, -0.05) is 20.8 Å². The first-order valence-electron chi connectivity index (χ1n) is 7.92. The number of hydrogen-bond donors (Lipinski definition) is 1. The average Bonchev–Trinajstić information content (AvgIpc) is 2.99. The van der Waals surface area contributed by atoms with Gasteiger partial charge in [-0.25, -0.2) is 4.99 Å². The van der Waals surface area contributed by atoms with Crippen molar-refractivity contribution in [3.8, 4) is 11.5 Å². The topological polar surface area (TPSA) is 69.2 Å². The first-order valence-corrected chi connectivity index (χ1v) is 7.92. The van der Waals surface area contributed by atoms with Gasteiger partial charge in [-0.05, 0) is 37.5 Å². The van der Waals surface area contributed by atoms with Gasteiger partial charge in [-0.2, -0.15) is 0 Å². The quantitative estimate of drug-likeness (QED) is 0.669. The van der Waals surface area contributed by atoms with Crippen LogP contribution in [0, 0.1) is 5.92 Å². The molecule has 1 aromatic rings. The maximum absolute atomic E-state index is 12.4. The highest BCUT2D eigenvalue weighted by molar-refractivity contribution is 6.04. The van der Waals surface area contributed by atoms with Crippen LogP contribution in [0.5, 0.6) is 11.5 Å². The molecule has 0 saturated heterocycles. The number of rotatable bonds is 5. The van der Waals surface area contributed by atoms with E-state index in [0.717, 1.165) is 6.42 Å². The number of aliphatic imine (C=N–C) groups is 1. The maximum Gasteiger partial charge on any atom is 0.291 e. The Labute approximate surface area is 136 Å². The zero-order valence-corrected chi connectivity index (χ0v) is 14.1. The predicted octanol–water partition coefficient (Wildman–Crippen LogP) is 2.97. The summed E-state index contributed by atoms with van der Waals surface area (Å²) in [6.45, 7) is 8.83. The lowest BCUT2D eigenvalue weighted by Crippen LogP contribution is -2.34. The standard InChI is InChI=1S/C17H24N2O4/c1-5-8-21-17(18-12(4)11(2)3)19-16(20)13-6-7-14-15(9-13)23-10-22-14/h6-7,9,11-12H,5,8,10H2,1-4H3,(H,18,19,20). The minimum absolute atomic E-state index is 0.0545. The second-order valence-electron chi connectivity index (χ2n) is 5.79. The number of fused-ring (bicyclic) bond motifs is 1. The van der Waals surface area contributed by atoms with E-state index < -0.39 is 0 Å². The number of ether oxygens (including phenoxy) is 3. The second kappa shape index (κ2) is 7.85. The van der Waals surface area contributed by atoms with Crippen LogP contribution in [0.15, 0.2) is 23.2 Å². The van der Waals surface area contributed by atoms with Gasteiger partial charge in [0.15, 0.2) is 11.5 Å². The molecular weight excluding hydrogens is 296 g/mol. The smallest absolute Gasteiger partial charge is 0.291 e. The van der Waals surface area contributed by atoms with Gasteiger partial charge in [-0.15, -0.1) is 0 Å². The minimum atomic E-state index is -0.283. The van der Waals surface area contributed by atoms with Crippen LogP contribution in [0.2, 0.25) is 0 Å². The van der Waals surface area contributed by atoms with Crippen LogP contribution < -0.4 is 14.8 Å². The second-order valence-corrected chi connectivity index (χ2v) is 5.79. The van der Waals surface area contributed by atoms with E-state index in [0.29, 0.717) is 29.6 Å². The number of carbonyl (C=O) groups excluding carboxylic acids is 1. The molecule has 0 saturated carbocycles. The number of amidine groups is 1. The molecule has 1 aliphatic heterocycles. The SMILES string of the molecule is CCCOC(=NC(C)C(C)C)NC(=O)c1ccc2c(c1)OCO2. The molecule has 1 unspecified atom stereocenters. The van der Waals surface area contributed by atoms with E-state index in [2.05, 4.69) is 24.2 Å². The van der Waals surface area contributed by atoms with Crippen molar-refractivity contribution >= 4 is 11.9 Å². The molecule has 1 aromatic carbocycles. The lowest BCUT2D eigenvalue weighted by Gasteiger charge is -2.15. The molecule has 126 valence electrons. The number of carbonyl (C=O) groups is 1. The van der Waals surface area contributed by atoms with Crippen LogP contribution in [0.3, 0.4) is 0 Å². The molecule has 1 heterocycles. The third-order valence-electron chi connectivity index (χ3n) is 3.58. The van der Waals surface area contributed by atoms with Gasteiger partial charge in [-0.3, -0.25) is 10.1 Å². The first-order chi connectivity index (χ1) is 11.0. The summed E-state index contributed by atoms with van der Waals surface area (Å²) in [6.07, 6.45) is 0.842. The Balaban J connectivity index is 2.10. The molecule has 2 rings (SSSR count). The van der Waals surface area contributed by atoms with E-state index in [9.17, 15) is 4.79 Å². The van der Waals surface area contributed by atoms with Crippen molar-refractivity contribution in [2.75, 3.05) is 13.4 Å². The molecule has 0 fully saturated rings. The van der Waals surface area contributed by atoms with Gasteiger partial charge >= 0.3 is 0 Å². The summed E-state index contributed by atoms with van der Waals surface area (Å²) in [5, 5.41) is 2.74. The highest BCUT2D eigenvalue weighted by Crippen LogP contribution is 2.32. The van der Waals surface area contributed by atoms with E-state index in [1.54, 1.807) is 18.2 Å². The van der Waals surface area contributed by atoms with Gasteiger partial charge in [0.2, 0.25) is 6.79 Å². The van der Waals surface area contributed by atoms with E-state index >= 15 is 0 Å². The zero-order chi connectivity index (χ0) is 16.8. The highest BCUT2D eigenvalue weighted by Gasteiger charge is 2.18. The Morgan fingerprint density at radius 1 is 1.30 bits per heavy atom. The van der Waals surface area contributed by atoms with Crippen molar-refractivity contribution in [3.05, 3.63) is 23.8 Å². The Morgan fingerprint density at radius 2 is 2.04 bits per heavy atom. The molecule has 1 amide bonds. The summed E-state index contributed by atoms with van der Waals surface area (Å²) < 4.78 is 16.1. The zero-order valence-electron chi connectivity index (χ0n) is 14.1. The number of amides is 1. The number of hydrogen-bond acceptors (Lipinski definition) is 5. The molecular formula is C17H24N2O4. The summed E-state index contributed by atoms with van der Waals surface area (Å²) in [5.41, 5.74) is 0.472. The lowest BCUT2D eigenvalue weighted by molar-refractivity contribution is 0.0964. The largest absolute Gasteiger partial charge is 0.465 e. The predicted molar refractivity (Wildman–Crippen MR) is 88.0 cm³/mol. The fourth-order valence-electron chi connectivity index (χ4n) is 1.85. The third kappa shape index (κ3) is 4.61. The molecule has 6 heteroatoms. The molecule has 0 spiro atoms. The molecule has 0 radical (unpaired) electrons. The minimum Gasteiger partial charge on any atom is -0.465 e. The molecule has 0 aromatic heterocycles. The summed E-state index contributed by atoms with van der Waals surface area (Å²) >= 11 is 0. The van der Waals surface area contributed by atoms with Crippen molar-refractivity contribution < 1.29 is 19.0 Å². The highest BCUT2D eigenvalue weighted by atomic mass is 16.7. The van der Waals surface area contributed by atoms with Crippen molar-refractivity contribution in [2.24, 2.45) is 10.9 Å². The van der Waals surface area contributed by atoms with Crippen LogP contribution in [-0.2, 0) is 4.74 Å². The Hall–Kier alpha value is -2.24. The van der Waals surface area contributed by atoms with Crippen LogP contribution >= 0.6 is 0 Å². The third-order valence-corrected chi connectivity index (χ3v) is 3.58. The molecule has 0 aliphatic carbocycles. The fraction of sp³-hybridized carbons (Fsp3) is 0.529. The van der Waals surface area contributed by atoms with Gasteiger partial charge < -0.3 is 14.2 Å². The van der Waals surface area contributed by atoms with E-state index in [1.807, 2.05) is 13.8 Å². The summed E-state index contributed by atoms with van der Waals surface area (Å²) in [4.78, 5) is 16.9. The Morgan fingerprint density at radius 3 is 2.74 bits per heavy atom. The normalized spacial score (nSPS) is 14.7. The van der Waals surface area contributed by atoms with Gasteiger partial charge in [0, 0.05) is 5.56 Å². The Kier molecular flexibility index (Phi) is 5.84. The molecule has 0 bridgehead atoms. The van der Waals surface area contributed by atoms with E-state index in [-0.39, 0.29) is 24.8 Å². The van der Waals surface area contributed by atoms with Gasteiger partial charge in [0.05, 0.1) is 12.6 Å². The monoisotopic (exact) mass is 320 g/mol. The molecule has 1 N–H and O–H groups in total. The van der Waals surface area contributed by atoms with E-state index in [4.69, 9.17) is 14.2 Å². The maximum atomic E-state index is 12.4. The van der Waals surface area contributed by atoms with Gasteiger partial charge in [0.1, 0.15) is 0 Å². The summed E-state index contributed by atoms with van der Waals surface area (Å²) in [5.74, 6) is 1.29. The molecule has 1 atom stereocenters. The molecule has 23 heavy (non-hydrogen) atoms.